The highest BCUT2D eigenvalue weighted by Crippen LogP contribution is 2.24. The van der Waals surface area contributed by atoms with Crippen LogP contribution in [0.25, 0.3) is 5.57 Å². The summed E-state index contributed by atoms with van der Waals surface area (Å²) in [5.41, 5.74) is 1.68. The lowest BCUT2D eigenvalue weighted by atomic mass is 10.0. The summed E-state index contributed by atoms with van der Waals surface area (Å²) in [5.74, 6) is -1.07. The van der Waals surface area contributed by atoms with E-state index in [1.165, 1.54) is 17.2 Å². The standard InChI is InChI=1S/C14H14F4N2O/c15-12-2-1-11(9-19-12)10-4-7-20(8-5-10)13(21)3-6-14(16,17)18/h1-2,4,9H,3,5-8H2. The third kappa shape index (κ3) is 4.54. The number of hydrogen-bond donors (Lipinski definition) is 0. The quantitative estimate of drug-likeness (QED) is 0.634. The maximum absolute atomic E-state index is 12.7. The van der Waals surface area contributed by atoms with E-state index in [1.54, 1.807) is 12.1 Å². The topological polar surface area (TPSA) is 33.2 Å². The van der Waals surface area contributed by atoms with Gasteiger partial charge in [-0.15, -0.1) is 0 Å². The van der Waals surface area contributed by atoms with Crippen LogP contribution in [-0.2, 0) is 4.79 Å². The van der Waals surface area contributed by atoms with Crippen LogP contribution in [0.1, 0.15) is 24.8 Å². The fourth-order valence-electron chi connectivity index (χ4n) is 2.13. The normalized spacial score (nSPS) is 15.8. The Morgan fingerprint density at radius 2 is 2.10 bits per heavy atom. The first-order chi connectivity index (χ1) is 9.85. The van der Waals surface area contributed by atoms with Gasteiger partial charge < -0.3 is 4.90 Å². The van der Waals surface area contributed by atoms with Crippen LogP contribution >= 0.6 is 0 Å². The molecular weight excluding hydrogens is 288 g/mol. The summed E-state index contributed by atoms with van der Waals surface area (Å²) in [6, 6.07) is 2.84. The number of pyridine rings is 1. The summed E-state index contributed by atoms with van der Waals surface area (Å²) < 4.78 is 49.0. The lowest BCUT2D eigenvalue weighted by Crippen LogP contribution is -2.35. The Hall–Kier alpha value is -1.92. The van der Waals surface area contributed by atoms with Crippen molar-refractivity contribution in [2.24, 2.45) is 0 Å². The zero-order valence-electron chi connectivity index (χ0n) is 11.2. The van der Waals surface area contributed by atoms with E-state index in [2.05, 4.69) is 4.98 Å². The number of rotatable bonds is 3. The van der Waals surface area contributed by atoms with Crippen molar-refractivity contribution in [3.8, 4) is 0 Å². The predicted octanol–water partition coefficient (Wildman–Crippen LogP) is 3.18. The van der Waals surface area contributed by atoms with Gasteiger partial charge in [-0.25, -0.2) is 4.98 Å². The summed E-state index contributed by atoms with van der Waals surface area (Å²) >= 11 is 0. The van der Waals surface area contributed by atoms with Crippen molar-refractivity contribution >= 4 is 11.5 Å². The van der Waals surface area contributed by atoms with Gasteiger partial charge in [-0.1, -0.05) is 6.08 Å². The van der Waals surface area contributed by atoms with E-state index in [1.807, 2.05) is 0 Å². The number of halogens is 4. The molecule has 0 spiro atoms. The molecule has 0 aliphatic carbocycles. The molecule has 0 bridgehead atoms. The van der Waals surface area contributed by atoms with Crippen molar-refractivity contribution in [1.29, 1.82) is 0 Å². The molecule has 0 fully saturated rings. The molecule has 1 aromatic rings. The summed E-state index contributed by atoms with van der Waals surface area (Å²) in [5, 5.41) is 0. The summed E-state index contributed by atoms with van der Waals surface area (Å²) in [7, 11) is 0. The van der Waals surface area contributed by atoms with Crippen LogP contribution in [0.4, 0.5) is 17.6 Å². The molecule has 0 saturated heterocycles. The van der Waals surface area contributed by atoms with Crippen LogP contribution < -0.4 is 0 Å². The van der Waals surface area contributed by atoms with Crippen LogP contribution in [-0.4, -0.2) is 35.1 Å². The number of carbonyl (C=O) groups excluding carboxylic acids is 1. The minimum Gasteiger partial charge on any atom is -0.339 e. The average molecular weight is 302 g/mol. The largest absolute Gasteiger partial charge is 0.389 e. The van der Waals surface area contributed by atoms with Gasteiger partial charge in [0.15, 0.2) is 0 Å². The second-order valence-corrected chi connectivity index (χ2v) is 4.80. The number of aromatic nitrogens is 1. The van der Waals surface area contributed by atoms with E-state index in [0.717, 1.165) is 11.1 Å². The van der Waals surface area contributed by atoms with E-state index in [-0.39, 0.29) is 6.54 Å². The number of hydrogen-bond acceptors (Lipinski definition) is 2. The van der Waals surface area contributed by atoms with Gasteiger partial charge in [0, 0.05) is 25.7 Å². The molecule has 3 nitrogen and oxygen atoms in total. The molecule has 0 aromatic carbocycles. The van der Waals surface area contributed by atoms with Crippen LogP contribution in [0.15, 0.2) is 24.4 Å². The van der Waals surface area contributed by atoms with Crippen LogP contribution in [0, 0.1) is 5.95 Å². The van der Waals surface area contributed by atoms with Crippen molar-refractivity contribution in [2.75, 3.05) is 13.1 Å². The monoisotopic (exact) mass is 302 g/mol. The minimum absolute atomic E-state index is 0.267. The first-order valence-corrected chi connectivity index (χ1v) is 6.50. The minimum atomic E-state index is -4.31. The van der Waals surface area contributed by atoms with Gasteiger partial charge in [0.1, 0.15) is 0 Å². The highest BCUT2D eigenvalue weighted by atomic mass is 19.4. The summed E-state index contributed by atoms with van der Waals surface area (Å²) in [6.45, 7) is 0.628. The average Bonchev–Trinajstić information content (AvgIpc) is 2.45. The maximum atomic E-state index is 12.7. The molecule has 1 aliphatic rings. The van der Waals surface area contributed by atoms with Crippen molar-refractivity contribution in [3.63, 3.8) is 0 Å². The van der Waals surface area contributed by atoms with Crippen molar-refractivity contribution in [1.82, 2.24) is 9.88 Å². The fourth-order valence-corrected chi connectivity index (χ4v) is 2.13. The Balaban J connectivity index is 1.92. The Morgan fingerprint density at radius 1 is 1.33 bits per heavy atom. The first kappa shape index (κ1) is 15.5. The number of carbonyl (C=O) groups is 1. The van der Waals surface area contributed by atoms with Gasteiger partial charge in [0.25, 0.3) is 0 Å². The molecule has 0 atom stereocenters. The van der Waals surface area contributed by atoms with E-state index in [9.17, 15) is 22.4 Å². The second-order valence-electron chi connectivity index (χ2n) is 4.80. The van der Waals surface area contributed by atoms with Crippen molar-refractivity contribution in [3.05, 3.63) is 35.9 Å². The number of amides is 1. The third-order valence-electron chi connectivity index (χ3n) is 3.28. The van der Waals surface area contributed by atoms with Gasteiger partial charge in [0.05, 0.1) is 6.42 Å². The molecular formula is C14H14F4N2O. The fraction of sp³-hybridized carbons (Fsp3) is 0.429. The summed E-state index contributed by atoms with van der Waals surface area (Å²) in [4.78, 5) is 16.6. The van der Waals surface area contributed by atoms with Crippen LogP contribution in [0.3, 0.4) is 0 Å². The Kier molecular flexibility index (Phi) is 4.59. The first-order valence-electron chi connectivity index (χ1n) is 6.50. The third-order valence-corrected chi connectivity index (χ3v) is 3.28. The maximum Gasteiger partial charge on any atom is 0.389 e. The Bertz CT molecular complexity index is 537. The molecule has 0 N–H and O–H groups in total. The zero-order chi connectivity index (χ0) is 15.5. The highest BCUT2D eigenvalue weighted by molar-refractivity contribution is 5.78. The molecule has 1 aliphatic heterocycles. The molecule has 114 valence electrons. The SMILES string of the molecule is O=C(CCC(F)(F)F)N1CC=C(c2ccc(F)nc2)CC1. The van der Waals surface area contributed by atoms with Crippen molar-refractivity contribution in [2.45, 2.75) is 25.4 Å². The molecule has 2 heterocycles. The van der Waals surface area contributed by atoms with E-state index in [0.29, 0.717) is 13.0 Å². The molecule has 0 radical (unpaired) electrons. The lowest BCUT2D eigenvalue weighted by Gasteiger charge is -2.26. The van der Waals surface area contributed by atoms with E-state index >= 15 is 0 Å². The number of nitrogens with zero attached hydrogens (tertiary/aromatic N) is 2. The molecule has 0 unspecified atom stereocenters. The Labute approximate surface area is 119 Å². The van der Waals surface area contributed by atoms with Crippen LogP contribution in [0.5, 0.6) is 0 Å². The van der Waals surface area contributed by atoms with E-state index < -0.39 is 30.9 Å². The predicted molar refractivity (Wildman–Crippen MR) is 68.7 cm³/mol. The molecule has 7 heteroatoms. The van der Waals surface area contributed by atoms with Gasteiger partial charge >= 0.3 is 6.18 Å². The van der Waals surface area contributed by atoms with Gasteiger partial charge in [-0.3, -0.25) is 4.79 Å². The molecule has 21 heavy (non-hydrogen) atoms. The van der Waals surface area contributed by atoms with Crippen LogP contribution in [0.2, 0.25) is 0 Å². The van der Waals surface area contributed by atoms with Gasteiger partial charge in [-0.05, 0) is 29.7 Å². The second kappa shape index (κ2) is 6.24. The summed E-state index contributed by atoms with van der Waals surface area (Å²) in [6.07, 6.45) is -2.24. The van der Waals surface area contributed by atoms with Gasteiger partial charge in [0.2, 0.25) is 11.9 Å². The number of alkyl halides is 3. The molecule has 2 rings (SSSR count). The van der Waals surface area contributed by atoms with E-state index in [4.69, 9.17) is 0 Å². The molecule has 1 amide bonds. The highest BCUT2D eigenvalue weighted by Gasteiger charge is 2.29. The Morgan fingerprint density at radius 3 is 2.62 bits per heavy atom. The van der Waals surface area contributed by atoms with Crippen molar-refractivity contribution < 1.29 is 22.4 Å². The molecule has 1 aromatic heterocycles. The lowest BCUT2D eigenvalue weighted by molar-refractivity contribution is -0.148. The van der Waals surface area contributed by atoms with Gasteiger partial charge in [-0.2, -0.15) is 17.6 Å². The smallest absolute Gasteiger partial charge is 0.339 e. The molecule has 0 saturated carbocycles. The zero-order valence-corrected chi connectivity index (χ0v) is 11.2.